The molecule has 4 rings (SSSR count). The molecule has 2 aromatic rings. The number of thiazole rings is 1. The molecule has 2 aliphatic rings. The Labute approximate surface area is 145 Å². The Balaban J connectivity index is 0.00000156. The van der Waals surface area contributed by atoms with Crippen LogP contribution in [-0.2, 0) is 0 Å². The van der Waals surface area contributed by atoms with Crippen molar-refractivity contribution < 1.29 is 4.52 Å². The maximum Gasteiger partial charge on any atom is 0.249 e. The van der Waals surface area contributed by atoms with Gasteiger partial charge in [0.05, 0.1) is 6.04 Å². The van der Waals surface area contributed by atoms with Crippen molar-refractivity contribution in [1.82, 2.24) is 25.3 Å². The van der Waals surface area contributed by atoms with Gasteiger partial charge in [0.2, 0.25) is 5.89 Å². The summed E-state index contributed by atoms with van der Waals surface area (Å²) in [5.41, 5.74) is 0. The number of nitrogens with one attached hydrogen (secondary N) is 1. The van der Waals surface area contributed by atoms with Gasteiger partial charge in [0.25, 0.3) is 0 Å². The highest BCUT2D eigenvalue weighted by Crippen LogP contribution is 2.36. The molecule has 0 radical (unpaired) electrons. The number of anilines is 1. The number of hydrogen-bond acceptors (Lipinski definition) is 8. The van der Waals surface area contributed by atoms with Crippen LogP contribution >= 0.6 is 23.7 Å². The molecule has 0 aromatic carbocycles. The number of halogens is 1. The van der Waals surface area contributed by atoms with E-state index in [1.54, 1.807) is 11.3 Å². The number of hydrogen-bond donors (Lipinski definition) is 1. The smallest absolute Gasteiger partial charge is 0.249 e. The summed E-state index contributed by atoms with van der Waals surface area (Å²) in [6.45, 7) is 3.89. The molecule has 9 heteroatoms. The first-order chi connectivity index (χ1) is 10.8. The first-order valence-corrected chi connectivity index (χ1v) is 8.61. The van der Waals surface area contributed by atoms with Gasteiger partial charge in [0, 0.05) is 37.8 Å². The molecule has 7 nitrogen and oxygen atoms in total. The van der Waals surface area contributed by atoms with Crippen LogP contribution in [0.5, 0.6) is 0 Å². The van der Waals surface area contributed by atoms with Crippen LogP contribution in [0, 0.1) is 0 Å². The van der Waals surface area contributed by atoms with Crippen molar-refractivity contribution in [1.29, 1.82) is 0 Å². The van der Waals surface area contributed by atoms with Gasteiger partial charge in [-0.2, -0.15) is 4.98 Å². The molecular formula is C14H21ClN6OS. The minimum Gasteiger partial charge on any atom is -0.337 e. The molecule has 2 atom stereocenters. The lowest BCUT2D eigenvalue weighted by Crippen LogP contribution is -2.44. The van der Waals surface area contributed by atoms with E-state index in [0.717, 1.165) is 55.9 Å². The highest BCUT2D eigenvalue weighted by atomic mass is 35.5. The van der Waals surface area contributed by atoms with Crippen molar-refractivity contribution in [3.05, 3.63) is 23.3 Å². The molecule has 23 heavy (non-hydrogen) atoms. The van der Waals surface area contributed by atoms with Crippen LogP contribution in [0.15, 0.2) is 16.1 Å². The second-order valence-electron chi connectivity index (χ2n) is 5.86. The Bertz CT molecular complexity index is 621. The van der Waals surface area contributed by atoms with Crippen LogP contribution < -0.4 is 10.2 Å². The molecule has 0 amide bonds. The summed E-state index contributed by atoms with van der Waals surface area (Å²) in [6.07, 6.45) is 4.02. The molecule has 0 bridgehead atoms. The Kier molecular flexibility index (Phi) is 5.15. The molecule has 0 spiro atoms. The van der Waals surface area contributed by atoms with Gasteiger partial charge in [0.15, 0.2) is 11.0 Å². The molecule has 126 valence electrons. The second kappa shape index (κ2) is 7.12. The fourth-order valence-corrected chi connectivity index (χ4v) is 3.94. The van der Waals surface area contributed by atoms with Gasteiger partial charge in [-0.3, -0.25) is 4.90 Å². The van der Waals surface area contributed by atoms with Crippen LogP contribution in [0.2, 0.25) is 0 Å². The molecule has 4 heterocycles. The van der Waals surface area contributed by atoms with Crippen LogP contribution in [-0.4, -0.2) is 53.3 Å². The van der Waals surface area contributed by atoms with E-state index in [1.807, 2.05) is 11.6 Å². The van der Waals surface area contributed by atoms with E-state index in [9.17, 15) is 0 Å². The zero-order valence-corrected chi connectivity index (χ0v) is 14.6. The standard InChI is InChI=1S/C14H20N6OS.ClH/c1-19-7-4-15-9-11(19)12-17-13(21-18-12)10-3-2-6-20(10)14-16-5-8-22-14;/h5,8,10-11,15H,2-4,6-7,9H2,1H3;1H. The normalized spacial score (nSPS) is 25.5. The van der Waals surface area contributed by atoms with Crippen molar-refractivity contribution in [2.75, 3.05) is 38.1 Å². The Morgan fingerprint density at radius 1 is 1.35 bits per heavy atom. The third-order valence-electron chi connectivity index (χ3n) is 4.47. The van der Waals surface area contributed by atoms with Gasteiger partial charge in [-0.15, -0.1) is 23.7 Å². The monoisotopic (exact) mass is 356 g/mol. The van der Waals surface area contributed by atoms with Crippen LogP contribution in [0.1, 0.15) is 36.6 Å². The van der Waals surface area contributed by atoms with Gasteiger partial charge >= 0.3 is 0 Å². The summed E-state index contributed by atoms with van der Waals surface area (Å²) in [5, 5.41) is 10.7. The van der Waals surface area contributed by atoms with E-state index >= 15 is 0 Å². The number of rotatable bonds is 3. The van der Waals surface area contributed by atoms with Crippen molar-refractivity contribution in [3.8, 4) is 0 Å². The van der Waals surface area contributed by atoms with Gasteiger partial charge in [-0.05, 0) is 19.9 Å². The molecule has 0 saturated carbocycles. The van der Waals surface area contributed by atoms with Gasteiger partial charge in [-0.25, -0.2) is 4.98 Å². The highest BCUT2D eigenvalue weighted by Gasteiger charge is 2.34. The predicted octanol–water partition coefficient (Wildman–Crippen LogP) is 1.87. The van der Waals surface area contributed by atoms with Crippen LogP contribution in [0.4, 0.5) is 5.13 Å². The van der Waals surface area contributed by atoms with Gasteiger partial charge < -0.3 is 14.7 Å². The average molecular weight is 357 g/mol. The number of likely N-dealkylation sites (N-methyl/N-ethyl adjacent to an activating group) is 1. The molecule has 1 N–H and O–H groups in total. The molecule has 2 unspecified atom stereocenters. The quantitative estimate of drug-likeness (QED) is 0.900. The third-order valence-corrected chi connectivity index (χ3v) is 5.28. The largest absolute Gasteiger partial charge is 0.337 e. The van der Waals surface area contributed by atoms with Gasteiger partial charge in [-0.1, -0.05) is 5.16 Å². The predicted molar refractivity (Wildman–Crippen MR) is 91.2 cm³/mol. The highest BCUT2D eigenvalue weighted by molar-refractivity contribution is 7.13. The van der Waals surface area contributed by atoms with E-state index in [2.05, 4.69) is 32.3 Å². The summed E-state index contributed by atoms with van der Waals surface area (Å²) in [6, 6.07) is 0.357. The lowest BCUT2D eigenvalue weighted by Gasteiger charge is -2.30. The summed E-state index contributed by atoms with van der Waals surface area (Å²) in [7, 11) is 2.11. The topological polar surface area (TPSA) is 70.3 Å². The van der Waals surface area contributed by atoms with Crippen molar-refractivity contribution in [2.24, 2.45) is 0 Å². The van der Waals surface area contributed by atoms with Crippen molar-refractivity contribution in [3.63, 3.8) is 0 Å². The average Bonchev–Trinajstić information content (AvgIpc) is 3.27. The summed E-state index contributed by atoms with van der Waals surface area (Å²) < 4.78 is 5.60. The molecule has 2 fully saturated rings. The van der Waals surface area contributed by atoms with Crippen LogP contribution in [0.3, 0.4) is 0 Å². The summed E-state index contributed by atoms with van der Waals surface area (Å²) >= 11 is 1.66. The van der Waals surface area contributed by atoms with Crippen LogP contribution in [0.25, 0.3) is 0 Å². The Morgan fingerprint density at radius 3 is 3.04 bits per heavy atom. The number of aromatic nitrogens is 3. The summed E-state index contributed by atoms with van der Waals surface area (Å²) in [4.78, 5) is 13.7. The molecule has 2 aliphatic heterocycles. The molecule has 2 saturated heterocycles. The number of piperazine rings is 1. The van der Waals surface area contributed by atoms with E-state index in [4.69, 9.17) is 9.51 Å². The molecule has 2 aromatic heterocycles. The zero-order valence-electron chi connectivity index (χ0n) is 13.0. The third kappa shape index (κ3) is 3.21. The van der Waals surface area contributed by atoms with Crippen molar-refractivity contribution >= 4 is 28.9 Å². The fraction of sp³-hybridized carbons (Fsp3) is 0.643. The maximum absolute atomic E-state index is 5.60. The van der Waals surface area contributed by atoms with E-state index in [1.165, 1.54) is 0 Å². The minimum absolute atomic E-state index is 0. The molecule has 0 aliphatic carbocycles. The maximum atomic E-state index is 5.60. The van der Waals surface area contributed by atoms with Crippen molar-refractivity contribution in [2.45, 2.75) is 24.9 Å². The van der Waals surface area contributed by atoms with E-state index in [-0.39, 0.29) is 24.5 Å². The van der Waals surface area contributed by atoms with E-state index < -0.39 is 0 Å². The zero-order chi connectivity index (χ0) is 14.9. The Hall–Kier alpha value is -1.22. The van der Waals surface area contributed by atoms with Gasteiger partial charge in [0.1, 0.15) is 6.04 Å². The first-order valence-electron chi connectivity index (χ1n) is 7.73. The molecular weight excluding hydrogens is 336 g/mol. The van der Waals surface area contributed by atoms with E-state index in [0.29, 0.717) is 0 Å². The summed E-state index contributed by atoms with van der Waals surface area (Å²) in [5.74, 6) is 1.51. The second-order valence-corrected chi connectivity index (χ2v) is 6.73. The lowest BCUT2D eigenvalue weighted by atomic mass is 10.2. The SMILES string of the molecule is CN1CCNCC1c1noc(C2CCCN2c2nccs2)n1.Cl. The first kappa shape index (κ1) is 16.6. The number of nitrogens with zero attached hydrogens (tertiary/aromatic N) is 5. The Morgan fingerprint density at radius 2 is 2.26 bits per heavy atom. The minimum atomic E-state index is 0. The fourth-order valence-electron chi connectivity index (χ4n) is 3.22. The lowest BCUT2D eigenvalue weighted by molar-refractivity contribution is 0.190.